The van der Waals surface area contributed by atoms with E-state index in [0.717, 1.165) is 24.1 Å². The molecule has 2 fully saturated rings. The Morgan fingerprint density at radius 2 is 1.62 bits per heavy atom. The second-order valence-corrected chi connectivity index (χ2v) is 6.09. The van der Waals surface area contributed by atoms with Crippen molar-refractivity contribution in [3.63, 3.8) is 0 Å². The number of hydrogen-bond donors (Lipinski definition) is 1. The molecule has 1 saturated carbocycles. The number of likely N-dealkylation sites (N-methyl/N-ethyl adjacent to an activating group) is 1. The van der Waals surface area contributed by atoms with Gasteiger partial charge in [-0.05, 0) is 30.5 Å². The number of amides is 2. The third kappa shape index (κ3) is 2.42. The molecular formula is C16H21N3O2. The van der Waals surface area contributed by atoms with Crippen molar-refractivity contribution in [3.8, 4) is 0 Å². The minimum atomic E-state index is -0.458. The molecule has 5 heteroatoms. The topological polar surface area (TPSA) is 66.6 Å². The number of benzene rings is 1. The van der Waals surface area contributed by atoms with Crippen LogP contribution in [0.25, 0.3) is 0 Å². The molecular weight excluding hydrogens is 266 g/mol. The fraction of sp³-hybridized carbons (Fsp3) is 0.500. The molecule has 3 rings (SSSR count). The lowest BCUT2D eigenvalue weighted by molar-refractivity contribution is -0.145. The van der Waals surface area contributed by atoms with Crippen LogP contribution in [-0.2, 0) is 15.1 Å². The largest absolute Gasteiger partial charge is 0.336 e. The van der Waals surface area contributed by atoms with Gasteiger partial charge in [-0.2, -0.15) is 0 Å². The summed E-state index contributed by atoms with van der Waals surface area (Å²) in [7, 11) is 1.65. The van der Waals surface area contributed by atoms with Gasteiger partial charge in [-0.1, -0.05) is 25.0 Å². The fourth-order valence-electron chi connectivity index (χ4n) is 3.25. The van der Waals surface area contributed by atoms with E-state index < -0.39 is 11.8 Å². The Bertz CT molecular complexity index is 561. The molecule has 1 aliphatic carbocycles. The molecule has 2 amide bonds. The highest BCUT2D eigenvalue weighted by molar-refractivity contribution is 6.40. The van der Waals surface area contributed by atoms with Gasteiger partial charge in [0, 0.05) is 31.4 Å². The molecule has 0 bridgehead atoms. The number of carbonyl (C=O) groups excluding carboxylic acids is 2. The lowest BCUT2D eigenvalue weighted by Crippen LogP contribution is -2.53. The first-order valence-electron chi connectivity index (χ1n) is 7.48. The van der Waals surface area contributed by atoms with Gasteiger partial charge in [-0.3, -0.25) is 9.59 Å². The van der Waals surface area contributed by atoms with E-state index in [0.29, 0.717) is 13.1 Å². The van der Waals surface area contributed by atoms with E-state index in [1.807, 2.05) is 24.3 Å². The molecule has 21 heavy (non-hydrogen) atoms. The minimum Gasteiger partial charge on any atom is -0.336 e. The van der Waals surface area contributed by atoms with E-state index in [-0.39, 0.29) is 5.54 Å². The quantitative estimate of drug-likeness (QED) is 0.832. The zero-order valence-electron chi connectivity index (χ0n) is 12.3. The molecule has 0 atom stereocenters. The monoisotopic (exact) mass is 287 g/mol. The van der Waals surface area contributed by atoms with Crippen molar-refractivity contribution in [1.82, 2.24) is 4.90 Å². The van der Waals surface area contributed by atoms with Crippen molar-refractivity contribution < 1.29 is 9.59 Å². The van der Waals surface area contributed by atoms with Crippen molar-refractivity contribution in [1.29, 1.82) is 0 Å². The second-order valence-electron chi connectivity index (χ2n) is 6.09. The molecule has 0 spiro atoms. The second kappa shape index (κ2) is 5.15. The van der Waals surface area contributed by atoms with Gasteiger partial charge in [0.15, 0.2) is 0 Å². The maximum absolute atomic E-state index is 12.1. The summed E-state index contributed by atoms with van der Waals surface area (Å²) in [6, 6.07) is 7.80. The first-order chi connectivity index (χ1) is 10.0. The maximum Gasteiger partial charge on any atom is 0.316 e. The minimum absolute atomic E-state index is 0.222. The summed E-state index contributed by atoms with van der Waals surface area (Å²) in [4.78, 5) is 26.8. The van der Waals surface area contributed by atoms with Crippen LogP contribution in [0.1, 0.15) is 31.2 Å². The summed E-state index contributed by atoms with van der Waals surface area (Å²) in [6.45, 7) is 1.10. The molecule has 1 saturated heterocycles. The lowest BCUT2D eigenvalue weighted by Gasteiger charge is -2.32. The van der Waals surface area contributed by atoms with Gasteiger partial charge < -0.3 is 15.5 Å². The smallest absolute Gasteiger partial charge is 0.316 e. The van der Waals surface area contributed by atoms with Crippen LogP contribution >= 0.6 is 0 Å². The summed E-state index contributed by atoms with van der Waals surface area (Å²) >= 11 is 0. The van der Waals surface area contributed by atoms with E-state index in [2.05, 4.69) is 0 Å². The van der Waals surface area contributed by atoms with Gasteiger partial charge in [-0.15, -0.1) is 0 Å². The van der Waals surface area contributed by atoms with Crippen LogP contribution in [-0.4, -0.2) is 36.9 Å². The molecule has 1 aliphatic heterocycles. The number of nitrogens with zero attached hydrogens (tertiary/aromatic N) is 2. The summed E-state index contributed by atoms with van der Waals surface area (Å²) < 4.78 is 0. The first-order valence-corrected chi connectivity index (χ1v) is 7.48. The summed E-state index contributed by atoms with van der Waals surface area (Å²) in [5.74, 6) is -0.906. The molecule has 2 aliphatic rings. The van der Waals surface area contributed by atoms with E-state index in [1.165, 1.54) is 17.7 Å². The van der Waals surface area contributed by atoms with Gasteiger partial charge in [0.2, 0.25) is 0 Å². The zero-order chi connectivity index (χ0) is 15.0. The highest BCUT2D eigenvalue weighted by atomic mass is 16.2. The van der Waals surface area contributed by atoms with Crippen LogP contribution < -0.4 is 10.6 Å². The number of anilines is 1. The Hall–Kier alpha value is -1.88. The van der Waals surface area contributed by atoms with E-state index in [9.17, 15) is 9.59 Å². The normalized spacial score (nSPS) is 22.0. The average molecular weight is 287 g/mol. The molecule has 112 valence electrons. The van der Waals surface area contributed by atoms with Crippen LogP contribution in [0, 0.1) is 0 Å². The molecule has 1 heterocycles. The Balaban J connectivity index is 1.81. The Morgan fingerprint density at radius 1 is 1.00 bits per heavy atom. The predicted molar refractivity (Wildman–Crippen MR) is 80.8 cm³/mol. The lowest BCUT2D eigenvalue weighted by atomic mass is 9.89. The van der Waals surface area contributed by atoms with Crippen molar-refractivity contribution in [2.24, 2.45) is 5.73 Å². The van der Waals surface area contributed by atoms with E-state index in [4.69, 9.17) is 5.73 Å². The van der Waals surface area contributed by atoms with Crippen molar-refractivity contribution in [2.45, 2.75) is 31.2 Å². The molecule has 0 unspecified atom stereocenters. The third-order valence-electron chi connectivity index (χ3n) is 4.68. The number of rotatable bonds is 2. The third-order valence-corrected chi connectivity index (χ3v) is 4.68. The molecule has 1 aromatic carbocycles. The molecule has 2 N–H and O–H groups in total. The maximum atomic E-state index is 12.1. The Labute approximate surface area is 124 Å². The summed E-state index contributed by atoms with van der Waals surface area (Å²) in [5, 5.41) is 0. The summed E-state index contributed by atoms with van der Waals surface area (Å²) in [6.07, 6.45) is 4.37. The number of piperazine rings is 1. The molecule has 5 nitrogen and oxygen atoms in total. The van der Waals surface area contributed by atoms with Crippen molar-refractivity contribution in [2.75, 3.05) is 25.0 Å². The number of nitrogens with two attached hydrogens (primary N) is 1. The zero-order valence-corrected chi connectivity index (χ0v) is 12.3. The average Bonchev–Trinajstić information content (AvgIpc) is 2.93. The van der Waals surface area contributed by atoms with Crippen LogP contribution in [0.15, 0.2) is 24.3 Å². The molecule has 0 radical (unpaired) electrons. The number of carbonyl (C=O) groups is 2. The van der Waals surface area contributed by atoms with Crippen LogP contribution in [0.5, 0.6) is 0 Å². The van der Waals surface area contributed by atoms with Crippen molar-refractivity contribution in [3.05, 3.63) is 29.8 Å². The van der Waals surface area contributed by atoms with Gasteiger partial charge >= 0.3 is 11.8 Å². The molecule has 1 aromatic rings. The first kappa shape index (κ1) is 14.1. The van der Waals surface area contributed by atoms with Crippen molar-refractivity contribution >= 4 is 17.5 Å². The summed E-state index contributed by atoms with van der Waals surface area (Å²) in [5.41, 5.74) is 8.11. The van der Waals surface area contributed by atoms with Gasteiger partial charge in [0.05, 0.1) is 0 Å². The highest BCUT2D eigenvalue weighted by Gasteiger charge is 2.33. The predicted octanol–water partition coefficient (Wildman–Crippen LogP) is 1.22. The highest BCUT2D eigenvalue weighted by Crippen LogP contribution is 2.36. The SMILES string of the molecule is CN1CCN(c2ccc(C3(N)CCCC3)cc2)C(=O)C1=O. The van der Waals surface area contributed by atoms with Gasteiger partial charge in [-0.25, -0.2) is 0 Å². The van der Waals surface area contributed by atoms with Crippen LogP contribution in [0.3, 0.4) is 0 Å². The Kier molecular flexibility index (Phi) is 3.45. The Morgan fingerprint density at radius 3 is 2.24 bits per heavy atom. The number of hydrogen-bond acceptors (Lipinski definition) is 3. The standard InChI is InChI=1S/C16H21N3O2/c1-18-10-11-19(15(21)14(18)20)13-6-4-12(5-7-13)16(17)8-2-3-9-16/h4-7H,2-3,8-11,17H2,1H3. The van der Waals surface area contributed by atoms with E-state index >= 15 is 0 Å². The van der Waals surface area contributed by atoms with Gasteiger partial charge in [0.25, 0.3) is 0 Å². The fourth-order valence-corrected chi connectivity index (χ4v) is 3.25. The van der Waals surface area contributed by atoms with Crippen LogP contribution in [0.2, 0.25) is 0 Å². The van der Waals surface area contributed by atoms with E-state index in [1.54, 1.807) is 11.9 Å². The van der Waals surface area contributed by atoms with Crippen LogP contribution in [0.4, 0.5) is 5.69 Å². The molecule has 0 aromatic heterocycles. The van der Waals surface area contributed by atoms with Gasteiger partial charge in [0.1, 0.15) is 0 Å².